The molecule has 4 N–H and O–H groups in total. The van der Waals surface area contributed by atoms with E-state index in [1.165, 1.54) is 6.20 Å². The average molecular weight is 344 g/mol. The maximum absolute atomic E-state index is 12.2. The lowest BCUT2D eigenvalue weighted by Crippen LogP contribution is -2.45. The largest absolute Gasteiger partial charge is 0.353 e. The maximum atomic E-state index is 12.2. The van der Waals surface area contributed by atoms with Crippen molar-refractivity contribution in [2.45, 2.75) is 19.4 Å². The van der Waals surface area contributed by atoms with Crippen molar-refractivity contribution in [3.05, 3.63) is 47.4 Å². The lowest BCUT2D eigenvalue weighted by atomic mass is 10.1. The number of hydrogen-bond donors (Lipinski definition) is 3. The first-order valence-electron chi connectivity index (χ1n) is 7.50. The molecule has 124 valence electrons. The van der Waals surface area contributed by atoms with E-state index in [1.54, 1.807) is 6.20 Å². The zero-order chi connectivity index (χ0) is 17.3. The van der Waals surface area contributed by atoms with Crippen molar-refractivity contribution >= 4 is 28.4 Å². The van der Waals surface area contributed by atoms with Crippen LogP contribution in [0.1, 0.15) is 24.3 Å². The molecule has 1 aromatic carbocycles. The summed E-state index contributed by atoms with van der Waals surface area (Å²) in [6.07, 6.45) is 3.04. The highest BCUT2D eigenvalue weighted by molar-refractivity contribution is 6.31. The number of aromatic nitrogens is 3. The summed E-state index contributed by atoms with van der Waals surface area (Å²) in [5.41, 5.74) is 7.92. The number of benzene rings is 1. The molecular formula is C17H18ClN5O. The number of carbonyl (C=O) groups is 1. The molecule has 24 heavy (non-hydrogen) atoms. The third-order valence-corrected chi connectivity index (χ3v) is 3.67. The fourth-order valence-electron chi connectivity index (χ4n) is 2.25. The number of nitrogens with zero attached hydrogens (tertiary/aromatic N) is 2. The van der Waals surface area contributed by atoms with Crippen molar-refractivity contribution in [2.75, 3.05) is 6.54 Å². The summed E-state index contributed by atoms with van der Waals surface area (Å²) in [4.78, 5) is 23.9. The van der Waals surface area contributed by atoms with E-state index in [9.17, 15) is 4.79 Å². The van der Waals surface area contributed by atoms with Gasteiger partial charge in [0.2, 0.25) is 0 Å². The Hall–Kier alpha value is -2.44. The van der Waals surface area contributed by atoms with Gasteiger partial charge in [0.05, 0.1) is 18.1 Å². The minimum atomic E-state index is -0.489. The fourth-order valence-corrected chi connectivity index (χ4v) is 2.43. The van der Waals surface area contributed by atoms with Crippen LogP contribution in [0, 0.1) is 0 Å². The molecule has 0 aliphatic rings. The molecule has 0 aliphatic heterocycles. The van der Waals surface area contributed by atoms with Crippen LogP contribution in [0.5, 0.6) is 0 Å². The van der Waals surface area contributed by atoms with Gasteiger partial charge < -0.3 is 16.0 Å². The molecule has 2 heterocycles. The van der Waals surface area contributed by atoms with E-state index in [4.69, 9.17) is 17.3 Å². The molecule has 0 fully saturated rings. The molecule has 0 saturated heterocycles. The van der Waals surface area contributed by atoms with Gasteiger partial charge >= 0.3 is 0 Å². The van der Waals surface area contributed by atoms with E-state index in [0.29, 0.717) is 17.3 Å². The summed E-state index contributed by atoms with van der Waals surface area (Å²) < 4.78 is 0. The number of fused-ring (bicyclic) bond motifs is 1. The highest BCUT2D eigenvalue weighted by Crippen LogP contribution is 2.24. The van der Waals surface area contributed by atoms with E-state index in [2.05, 4.69) is 20.3 Å². The van der Waals surface area contributed by atoms with Crippen molar-refractivity contribution < 1.29 is 4.79 Å². The van der Waals surface area contributed by atoms with Gasteiger partial charge in [0, 0.05) is 28.0 Å². The van der Waals surface area contributed by atoms with Crippen LogP contribution in [0.25, 0.3) is 22.3 Å². The summed E-state index contributed by atoms with van der Waals surface area (Å²) in [5.74, 6) is -0.304. The van der Waals surface area contributed by atoms with Gasteiger partial charge in [-0.25, -0.2) is 4.98 Å². The second-order valence-electron chi connectivity index (χ2n) is 6.38. The number of H-pyrrole nitrogens is 1. The van der Waals surface area contributed by atoms with Crippen molar-refractivity contribution in [1.29, 1.82) is 0 Å². The zero-order valence-corrected chi connectivity index (χ0v) is 14.2. The van der Waals surface area contributed by atoms with Gasteiger partial charge in [0.25, 0.3) is 5.91 Å². The Balaban J connectivity index is 1.87. The summed E-state index contributed by atoms with van der Waals surface area (Å²) in [5, 5.41) is 4.39. The quantitative estimate of drug-likeness (QED) is 0.678. The molecule has 0 radical (unpaired) electrons. The maximum Gasteiger partial charge on any atom is 0.271 e. The number of halogens is 1. The molecule has 0 spiro atoms. The summed E-state index contributed by atoms with van der Waals surface area (Å²) in [6, 6.07) is 7.50. The lowest BCUT2D eigenvalue weighted by Gasteiger charge is -2.18. The highest BCUT2D eigenvalue weighted by Gasteiger charge is 2.15. The van der Waals surface area contributed by atoms with Crippen molar-refractivity contribution in [3.63, 3.8) is 0 Å². The van der Waals surface area contributed by atoms with Crippen molar-refractivity contribution in [3.8, 4) is 11.4 Å². The topological polar surface area (TPSA) is 96.7 Å². The molecule has 0 aliphatic carbocycles. The van der Waals surface area contributed by atoms with Gasteiger partial charge in [-0.3, -0.25) is 9.78 Å². The molecule has 1 amide bonds. The molecular weight excluding hydrogens is 326 g/mol. The van der Waals surface area contributed by atoms with E-state index >= 15 is 0 Å². The molecule has 0 bridgehead atoms. The molecule has 0 unspecified atom stereocenters. The van der Waals surface area contributed by atoms with Crippen LogP contribution in [0.4, 0.5) is 0 Å². The van der Waals surface area contributed by atoms with Gasteiger partial charge in [-0.05, 0) is 38.1 Å². The Labute approximate surface area is 144 Å². The van der Waals surface area contributed by atoms with Crippen LogP contribution < -0.4 is 11.1 Å². The van der Waals surface area contributed by atoms with Crippen LogP contribution in [-0.2, 0) is 0 Å². The van der Waals surface area contributed by atoms with Crippen molar-refractivity contribution in [2.24, 2.45) is 5.73 Å². The highest BCUT2D eigenvalue weighted by atomic mass is 35.5. The third kappa shape index (κ3) is 3.72. The van der Waals surface area contributed by atoms with Gasteiger partial charge in [-0.15, -0.1) is 0 Å². The molecule has 7 heteroatoms. The number of nitrogens with two attached hydrogens (primary N) is 1. The number of rotatable bonds is 4. The standard InChI is InChI=1S/C17H18ClN5O/c1-17(2,19)9-21-16(24)15-8-20-7-14(23-15)13-6-10-5-11(18)3-4-12(10)22-13/h3-8,22H,9,19H2,1-2H3,(H,21,24). The Bertz CT molecular complexity index is 897. The number of amides is 1. The smallest absolute Gasteiger partial charge is 0.271 e. The fraction of sp³-hybridized carbons (Fsp3) is 0.235. The molecule has 3 aromatic rings. The van der Waals surface area contributed by atoms with Crippen molar-refractivity contribution in [1.82, 2.24) is 20.3 Å². The number of aromatic amines is 1. The normalized spacial score (nSPS) is 11.7. The van der Waals surface area contributed by atoms with E-state index in [-0.39, 0.29) is 11.6 Å². The number of carbonyl (C=O) groups excluding carboxylic acids is 1. The average Bonchev–Trinajstić information content (AvgIpc) is 2.95. The summed E-state index contributed by atoms with van der Waals surface area (Å²) in [7, 11) is 0. The van der Waals surface area contributed by atoms with E-state index in [1.807, 2.05) is 38.1 Å². The summed E-state index contributed by atoms with van der Waals surface area (Å²) in [6.45, 7) is 4.03. The second-order valence-corrected chi connectivity index (χ2v) is 6.81. The molecule has 3 rings (SSSR count). The predicted molar refractivity (Wildman–Crippen MR) is 94.9 cm³/mol. The first-order valence-corrected chi connectivity index (χ1v) is 7.87. The SMILES string of the molecule is CC(C)(N)CNC(=O)c1cncc(-c2cc3cc(Cl)ccc3[nH]2)n1. The minimum Gasteiger partial charge on any atom is -0.353 e. The van der Waals surface area contributed by atoms with E-state index < -0.39 is 5.54 Å². The van der Waals surface area contributed by atoms with Crippen LogP contribution in [-0.4, -0.2) is 32.9 Å². The van der Waals surface area contributed by atoms with Gasteiger partial charge in [-0.2, -0.15) is 0 Å². The molecule has 6 nitrogen and oxygen atoms in total. The Kier molecular flexibility index (Phi) is 4.26. The van der Waals surface area contributed by atoms with Crippen LogP contribution in [0.15, 0.2) is 36.7 Å². The van der Waals surface area contributed by atoms with Gasteiger partial charge in [-0.1, -0.05) is 11.6 Å². The zero-order valence-electron chi connectivity index (χ0n) is 13.4. The van der Waals surface area contributed by atoms with Crippen LogP contribution in [0.2, 0.25) is 5.02 Å². The number of hydrogen-bond acceptors (Lipinski definition) is 4. The van der Waals surface area contributed by atoms with Gasteiger partial charge in [0.1, 0.15) is 11.4 Å². The Morgan fingerprint density at radius 3 is 2.88 bits per heavy atom. The lowest BCUT2D eigenvalue weighted by molar-refractivity contribution is 0.0940. The van der Waals surface area contributed by atoms with Crippen LogP contribution in [0.3, 0.4) is 0 Å². The molecule has 0 atom stereocenters. The Morgan fingerprint density at radius 1 is 1.33 bits per heavy atom. The van der Waals surface area contributed by atoms with E-state index in [0.717, 1.165) is 16.6 Å². The summed E-state index contributed by atoms with van der Waals surface area (Å²) >= 11 is 6.01. The second kappa shape index (κ2) is 6.22. The number of nitrogens with one attached hydrogen (secondary N) is 2. The Morgan fingerprint density at radius 2 is 2.12 bits per heavy atom. The minimum absolute atomic E-state index is 0.244. The first-order chi connectivity index (χ1) is 11.3. The molecule has 2 aromatic heterocycles. The monoisotopic (exact) mass is 343 g/mol. The first kappa shape index (κ1) is 16.4. The third-order valence-electron chi connectivity index (χ3n) is 3.43. The molecule has 0 saturated carbocycles. The van der Waals surface area contributed by atoms with Crippen LogP contribution >= 0.6 is 11.6 Å². The predicted octanol–water partition coefficient (Wildman–Crippen LogP) is 2.75. The van der Waals surface area contributed by atoms with Gasteiger partial charge in [0.15, 0.2) is 0 Å².